The van der Waals surface area contributed by atoms with Gasteiger partial charge in [0.1, 0.15) is 5.92 Å². The summed E-state index contributed by atoms with van der Waals surface area (Å²) in [6, 6.07) is 6.46. The molecule has 1 aromatic rings. The van der Waals surface area contributed by atoms with Crippen LogP contribution in [0.15, 0.2) is 29.2 Å². The van der Waals surface area contributed by atoms with E-state index in [2.05, 4.69) is 5.32 Å². The molecule has 106 valence electrons. The van der Waals surface area contributed by atoms with E-state index in [1.807, 2.05) is 19.2 Å². The number of benzene rings is 1. The molecule has 20 heavy (non-hydrogen) atoms. The first-order chi connectivity index (χ1) is 9.58. The second-order valence-corrected chi connectivity index (χ2v) is 5.39. The van der Waals surface area contributed by atoms with Crippen molar-refractivity contribution in [3.05, 3.63) is 24.3 Å². The number of nitrogens with zero attached hydrogens (tertiary/aromatic N) is 1. The first-order valence-electron chi connectivity index (χ1n) is 6.41. The van der Waals surface area contributed by atoms with Crippen molar-refractivity contribution in [1.29, 1.82) is 0 Å². The molecule has 4 amide bonds. The van der Waals surface area contributed by atoms with Crippen molar-refractivity contribution >= 4 is 35.3 Å². The van der Waals surface area contributed by atoms with E-state index >= 15 is 0 Å². The molecular weight excluding hydrogens is 276 g/mol. The average molecular weight is 292 g/mol. The van der Waals surface area contributed by atoms with Crippen molar-refractivity contribution in [1.82, 2.24) is 5.32 Å². The molecule has 1 aliphatic rings. The van der Waals surface area contributed by atoms with Crippen molar-refractivity contribution < 1.29 is 14.4 Å². The van der Waals surface area contributed by atoms with E-state index < -0.39 is 23.8 Å². The summed E-state index contributed by atoms with van der Waals surface area (Å²) in [4.78, 5) is 38.0. The largest absolute Gasteiger partial charge is 0.335 e. The van der Waals surface area contributed by atoms with Gasteiger partial charge < -0.3 is 0 Å². The zero-order chi connectivity index (χ0) is 14.7. The Morgan fingerprint density at radius 3 is 2.70 bits per heavy atom. The molecule has 0 saturated carbocycles. The fraction of sp³-hybridized carbons (Fsp3) is 0.357. The number of hydrogen-bond acceptors (Lipinski definition) is 4. The Labute approximate surface area is 121 Å². The molecular formula is C14H16N2O3S. The molecule has 1 atom stereocenters. The lowest BCUT2D eigenvalue weighted by molar-refractivity contribution is -0.134. The van der Waals surface area contributed by atoms with Crippen LogP contribution in [0.4, 0.5) is 10.5 Å². The van der Waals surface area contributed by atoms with Gasteiger partial charge in [0, 0.05) is 4.90 Å². The molecule has 2 rings (SSSR count). The molecule has 0 bridgehead atoms. The van der Waals surface area contributed by atoms with Gasteiger partial charge in [0.2, 0.25) is 11.8 Å². The third-order valence-electron chi connectivity index (χ3n) is 3.16. The van der Waals surface area contributed by atoms with Crippen molar-refractivity contribution in [2.75, 3.05) is 11.2 Å². The first kappa shape index (κ1) is 14.6. The van der Waals surface area contributed by atoms with Gasteiger partial charge in [0.15, 0.2) is 0 Å². The fourth-order valence-corrected chi connectivity index (χ4v) is 2.61. The minimum Gasteiger partial charge on any atom is -0.277 e. The number of nitrogens with one attached hydrogen (secondary N) is 1. The quantitative estimate of drug-likeness (QED) is 0.683. The van der Waals surface area contributed by atoms with Crippen LogP contribution in [0, 0.1) is 5.92 Å². The minimum atomic E-state index is -0.782. The predicted octanol–water partition coefficient (Wildman–Crippen LogP) is 2.41. The van der Waals surface area contributed by atoms with Crippen LogP contribution in [-0.2, 0) is 9.59 Å². The Morgan fingerprint density at radius 1 is 1.30 bits per heavy atom. The van der Waals surface area contributed by atoms with E-state index in [0.717, 1.165) is 9.80 Å². The second-order valence-electron chi connectivity index (χ2n) is 4.51. The summed E-state index contributed by atoms with van der Waals surface area (Å²) < 4.78 is 0. The molecule has 1 unspecified atom stereocenters. The Kier molecular flexibility index (Phi) is 4.44. The van der Waals surface area contributed by atoms with Crippen LogP contribution < -0.4 is 10.2 Å². The highest BCUT2D eigenvalue weighted by atomic mass is 32.2. The summed E-state index contributed by atoms with van der Waals surface area (Å²) >= 11 is 1.52. The van der Waals surface area contributed by atoms with Gasteiger partial charge in [-0.3, -0.25) is 14.9 Å². The summed E-state index contributed by atoms with van der Waals surface area (Å²) in [7, 11) is 0. The van der Waals surface area contributed by atoms with Gasteiger partial charge in [-0.15, -0.1) is 11.8 Å². The third kappa shape index (κ3) is 2.70. The number of carbonyl (C=O) groups is 3. The highest BCUT2D eigenvalue weighted by molar-refractivity contribution is 7.98. The summed E-state index contributed by atoms with van der Waals surface area (Å²) in [6.07, 6.45) is 3.06. The van der Waals surface area contributed by atoms with Crippen LogP contribution in [0.5, 0.6) is 0 Å². The first-order valence-corrected chi connectivity index (χ1v) is 7.63. The molecule has 1 N–H and O–H groups in total. The molecule has 1 heterocycles. The van der Waals surface area contributed by atoms with E-state index in [1.54, 1.807) is 18.2 Å². The van der Waals surface area contributed by atoms with E-state index in [4.69, 9.17) is 0 Å². The van der Waals surface area contributed by atoms with E-state index in [9.17, 15) is 14.4 Å². The van der Waals surface area contributed by atoms with Gasteiger partial charge in [-0.25, -0.2) is 9.69 Å². The maximum Gasteiger partial charge on any atom is 0.335 e. The molecule has 1 aromatic carbocycles. The zero-order valence-electron chi connectivity index (χ0n) is 11.4. The number of barbiturate groups is 1. The van der Waals surface area contributed by atoms with Crippen LogP contribution in [0.3, 0.4) is 0 Å². The van der Waals surface area contributed by atoms with E-state index in [-0.39, 0.29) is 0 Å². The fourth-order valence-electron chi connectivity index (χ4n) is 2.15. The molecule has 6 heteroatoms. The minimum absolute atomic E-state index is 0.441. The lowest BCUT2D eigenvalue weighted by Crippen LogP contribution is -2.58. The standard InChI is InChI=1S/C14H16N2O3S/c1-3-5-11-12(17)15-14(19)16(13(11)18)9-6-4-7-10(8-9)20-2/h4,6-8,11H,3,5H2,1-2H3,(H,15,17,19). The number of anilines is 1. The van der Waals surface area contributed by atoms with Crippen molar-refractivity contribution in [2.24, 2.45) is 5.92 Å². The molecule has 0 radical (unpaired) electrons. The number of carbonyl (C=O) groups excluding carboxylic acids is 3. The summed E-state index contributed by atoms with van der Waals surface area (Å²) in [5.41, 5.74) is 0.493. The van der Waals surface area contributed by atoms with Gasteiger partial charge in [-0.1, -0.05) is 19.4 Å². The van der Waals surface area contributed by atoms with Crippen LogP contribution in [0.25, 0.3) is 0 Å². The Bertz CT molecular complexity index is 559. The molecule has 1 saturated heterocycles. The van der Waals surface area contributed by atoms with Gasteiger partial charge >= 0.3 is 6.03 Å². The van der Waals surface area contributed by atoms with Gasteiger partial charge in [-0.05, 0) is 30.9 Å². The average Bonchev–Trinajstić information content (AvgIpc) is 2.43. The molecule has 0 aromatic heterocycles. The molecule has 0 spiro atoms. The van der Waals surface area contributed by atoms with E-state index in [0.29, 0.717) is 18.5 Å². The van der Waals surface area contributed by atoms with Crippen LogP contribution in [0.1, 0.15) is 19.8 Å². The topological polar surface area (TPSA) is 66.5 Å². The Balaban J connectivity index is 2.35. The number of imide groups is 2. The van der Waals surface area contributed by atoms with Crippen molar-refractivity contribution in [2.45, 2.75) is 24.7 Å². The summed E-state index contributed by atoms with van der Waals surface area (Å²) in [6.45, 7) is 1.90. The summed E-state index contributed by atoms with van der Waals surface area (Å²) in [5, 5.41) is 2.25. The number of thioether (sulfide) groups is 1. The normalized spacial score (nSPS) is 19.2. The zero-order valence-corrected chi connectivity index (χ0v) is 12.2. The highest BCUT2D eigenvalue weighted by Crippen LogP contribution is 2.26. The number of amides is 4. The number of urea groups is 1. The molecule has 5 nitrogen and oxygen atoms in total. The van der Waals surface area contributed by atoms with Crippen LogP contribution in [0.2, 0.25) is 0 Å². The maximum absolute atomic E-state index is 12.4. The van der Waals surface area contributed by atoms with Gasteiger partial charge in [0.25, 0.3) is 0 Å². The maximum atomic E-state index is 12.4. The number of rotatable bonds is 4. The third-order valence-corrected chi connectivity index (χ3v) is 3.88. The molecule has 1 fully saturated rings. The SMILES string of the molecule is CCCC1C(=O)NC(=O)N(c2cccc(SC)c2)C1=O. The van der Waals surface area contributed by atoms with Crippen LogP contribution >= 0.6 is 11.8 Å². The lowest BCUT2D eigenvalue weighted by Gasteiger charge is -2.30. The van der Waals surface area contributed by atoms with Crippen molar-refractivity contribution in [3.8, 4) is 0 Å². The number of hydrogen-bond donors (Lipinski definition) is 1. The highest BCUT2D eigenvalue weighted by Gasteiger charge is 2.40. The monoisotopic (exact) mass is 292 g/mol. The Morgan fingerprint density at radius 2 is 2.05 bits per heavy atom. The van der Waals surface area contributed by atoms with Crippen LogP contribution in [-0.4, -0.2) is 24.1 Å². The van der Waals surface area contributed by atoms with E-state index in [1.165, 1.54) is 11.8 Å². The van der Waals surface area contributed by atoms with Crippen molar-refractivity contribution in [3.63, 3.8) is 0 Å². The van der Waals surface area contributed by atoms with Gasteiger partial charge in [-0.2, -0.15) is 0 Å². The molecule has 0 aliphatic carbocycles. The smallest absolute Gasteiger partial charge is 0.277 e. The molecule has 1 aliphatic heterocycles. The Hall–Kier alpha value is -1.82. The van der Waals surface area contributed by atoms with Gasteiger partial charge in [0.05, 0.1) is 5.69 Å². The summed E-state index contributed by atoms with van der Waals surface area (Å²) in [5.74, 6) is -1.73. The second kappa shape index (κ2) is 6.09. The lowest BCUT2D eigenvalue weighted by atomic mass is 9.99. The predicted molar refractivity (Wildman–Crippen MR) is 77.6 cm³/mol.